The molecule has 0 radical (unpaired) electrons. The van der Waals surface area contributed by atoms with Crippen molar-refractivity contribution in [1.82, 2.24) is 4.90 Å². The number of likely N-dealkylation sites (tertiary alicyclic amines) is 1. The maximum atomic E-state index is 5.89. The lowest BCUT2D eigenvalue weighted by atomic mass is 10.1. The number of hydrogen-bond acceptors (Lipinski definition) is 6. The highest BCUT2D eigenvalue weighted by Crippen LogP contribution is 2.07. The van der Waals surface area contributed by atoms with Gasteiger partial charge in [0.1, 0.15) is 0 Å². The average molecular weight is 437 g/mol. The Balaban J connectivity index is -0.000000858. The summed E-state index contributed by atoms with van der Waals surface area (Å²) in [5, 5.41) is 0. The average Bonchev–Trinajstić information content (AvgIpc) is 2.77. The van der Waals surface area contributed by atoms with E-state index in [2.05, 4.69) is 25.7 Å². The van der Waals surface area contributed by atoms with Gasteiger partial charge in [-0.3, -0.25) is 0 Å². The molecule has 186 valence electrons. The third-order valence-electron chi connectivity index (χ3n) is 4.65. The summed E-state index contributed by atoms with van der Waals surface area (Å²) >= 11 is 0. The molecule has 0 aliphatic carbocycles. The summed E-state index contributed by atoms with van der Waals surface area (Å²) in [7, 11) is 0. The Morgan fingerprint density at radius 1 is 0.667 bits per heavy atom. The van der Waals surface area contributed by atoms with Crippen LogP contribution in [0.25, 0.3) is 0 Å². The van der Waals surface area contributed by atoms with Crippen LogP contribution in [0.15, 0.2) is 0 Å². The van der Waals surface area contributed by atoms with Crippen LogP contribution >= 0.6 is 0 Å². The van der Waals surface area contributed by atoms with Crippen LogP contribution in [0, 0.1) is 0 Å². The van der Waals surface area contributed by atoms with Crippen LogP contribution in [0.2, 0.25) is 0 Å². The van der Waals surface area contributed by atoms with Crippen molar-refractivity contribution in [3.05, 3.63) is 0 Å². The van der Waals surface area contributed by atoms with Crippen LogP contribution in [-0.4, -0.2) is 83.4 Å². The van der Waals surface area contributed by atoms with E-state index in [0.29, 0.717) is 45.7 Å². The molecular formula is C24H56N2O4. The number of hydrogen-bond donors (Lipinski definition) is 1. The van der Waals surface area contributed by atoms with Gasteiger partial charge in [0.2, 0.25) is 0 Å². The van der Waals surface area contributed by atoms with E-state index in [4.69, 9.17) is 24.7 Å². The quantitative estimate of drug-likeness (QED) is 0.332. The number of piperidine rings is 1. The number of unbranched alkanes of at least 4 members (excludes halogenated alkanes) is 3. The SMILES string of the molecule is CC.CCCCC.CCCCOCCOCCOCCOCCN1CCC(N)CC1.[HH]. The van der Waals surface area contributed by atoms with E-state index in [1.165, 1.54) is 25.7 Å². The zero-order valence-electron chi connectivity index (χ0n) is 21.0. The smallest absolute Gasteiger partial charge is 0.0701 e. The summed E-state index contributed by atoms with van der Waals surface area (Å²) in [5.41, 5.74) is 5.89. The van der Waals surface area contributed by atoms with Crippen molar-refractivity contribution in [2.75, 3.05) is 72.5 Å². The van der Waals surface area contributed by atoms with Gasteiger partial charge in [-0.25, -0.2) is 0 Å². The first-order chi connectivity index (χ1) is 14.7. The van der Waals surface area contributed by atoms with Crippen molar-refractivity contribution in [1.29, 1.82) is 0 Å². The number of nitrogens with zero attached hydrogens (tertiary/aromatic N) is 1. The molecule has 0 aromatic heterocycles. The molecule has 2 N–H and O–H groups in total. The predicted molar refractivity (Wildman–Crippen MR) is 130 cm³/mol. The molecule has 0 spiro atoms. The van der Waals surface area contributed by atoms with Crippen LogP contribution in [0.5, 0.6) is 0 Å². The van der Waals surface area contributed by atoms with E-state index < -0.39 is 0 Å². The van der Waals surface area contributed by atoms with Gasteiger partial charge in [-0.2, -0.15) is 0 Å². The molecule has 0 atom stereocenters. The Hall–Kier alpha value is -0.240. The Morgan fingerprint density at radius 2 is 1.07 bits per heavy atom. The molecule has 1 fully saturated rings. The van der Waals surface area contributed by atoms with Crippen molar-refractivity contribution in [2.45, 2.75) is 85.6 Å². The van der Waals surface area contributed by atoms with E-state index in [1.807, 2.05) is 13.8 Å². The number of ether oxygens (including phenoxy) is 4. The van der Waals surface area contributed by atoms with E-state index in [0.717, 1.165) is 52.1 Å². The molecule has 1 saturated heterocycles. The summed E-state index contributed by atoms with van der Waals surface area (Å²) < 4.78 is 21.9. The molecule has 0 aromatic rings. The van der Waals surface area contributed by atoms with Gasteiger partial charge < -0.3 is 29.6 Å². The largest absolute Gasteiger partial charge is 0.379 e. The molecule has 6 heteroatoms. The Bertz CT molecular complexity index is 293. The second-order valence-corrected chi connectivity index (χ2v) is 7.34. The van der Waals surface area contributed by atoms with E-state index in [-0.39, 0.29) is 1.43 Å². The van der Waals surface area contributed by atoms with Crippen molar-refractivity contribution in [2.24, 2.45) is 5.73 Å². The van der Waals surface area contributed by atoms with Crippen molar-refractivity contribution in [3.63, 3.8) is 0 Å². The molecule has 0 bridgehead atoms. The molecule has 1 aliphatic rings. The van der Waals surface area contributed by atoms with Gasteiger partial charge in [-0.1, -0.05) is 60.3 Å². The second kappa shape index (κ2) is 28.8. The fourth-order valence-corrected chi connectivity index (χ4v) is 2.73. The highest BCUT2D eigenvalue weighted by molar-refractivity contribution is 4.73. The van der Waals surface area contributed by atoms with Gasteiger partial charge in [-0.05, 0) is 32.4 Å². The zero-order chi connectivity index (χ0) is 22.7. The van der Waals surface area contributed by atoms with Gasteiger partial charge in [0.25, 0.3) is 0 Å². The summed E-state index contributed by atoms with van der Waals surface area (Å²) in [6.45, 7) is 19.2. The van der Waals surface area contributed by atoms with E-state index in [1.54, 1.807) is 0 Å². The highest BCUT2D eigenvalue weighted by atomic mass is 16.6. The number of nitrogens with two attached hydrogens (primary N) is 1. The van der Waals surface area contributed by atoms with Gasteiger partial charge in [-0.15, -0.1) is 0 Å². The lowest BCUT2D eigenvalue weighted by Crippen LogP contribution is -2.41. The first kappa shape index (κ1) is 31.9. The predicted octanol–water partition coefficient (Wildman–Crippen LogP) is 4.74. The van der Waals surface area contributed by atoms with Crippen LogP contribution in [-0.2, 0) is 18.9 Å². The minimum absolute atomic E-state index is 0. The summed E-state index contributed by atoms with van der Waals surface area (Å²) in [6.07, 6.45) is 8.57. The first-order valence-electron chi connectivity index (χ1n) is 12.5. The van der Waals surface area contributed by atoms with Crippen LogP contribution in [0.3, 0.4) is 0 Å². The Labute approximate surface area is 189 Å². The van der Waals surface area contributed by atoms with Crippen LogP contribution in [0.1, 0.15) is 81.0 Å². The Morgan fingerprint density at radius 3 is 1.47 bits per heavy atom. The first-order valence-corrected chi connectivity index (χ1v) is 12.5. The minimum Gasteiger partial charge on any atom is -0.379 e. The molecule has 0 unspecified atom stereocenters. The molecule has 0 saturated carbocycles. The lowest BCUT2D eigenvalue weighted by molar-refractivity contribution is -0.00458. The topological polar surface area (TPSA) is 66.2 Å². The summed E-state index contributed by atoms with van der Waals surface area (Å²) in [6, 6.07) is 0.394. The fraction of sp³-hybridized carbons (Fsp3) is 1.00. The summed E-state index contributed by atoms with van der Waals surface area (Å²) in [4.78, 5) is 2.42. The molecular weight excluding hydrogens is 380 g/mol. The van der Waals surface area contributed by atoms with Gasteiger partial charge in [0, 0.05) is 20.6 Å². The molecule has 6 nitrogen and oxygen atoms in total. The minimum atomic E-state index is 0. The monoisotopic (exact) mass is 436 g/mol. The van der Waals surface area contributed by atoms with Crippen molar-refractivity contribution in [3.8, 4) is 0 Å². The maximum absolute atomic E-state index is 5.89. The van der Waals surface area contributed by atoms with E-state index >= 15 is 0 Å². The Kier molecular flexibility index (Phi) is 30.6. The normalized spacial score (nSPS) is 14.6. The fourth-order valence-electron chi connectivity index (χ4n) is 2.73. The maximum Gasteiger partial charge on any atom is 0.0701 e. The molecule has 0 amide bonds. The van der Waals surface area contributed by atoms with Gasteiger partial charge in [0.05, 0.1) is 46.2 Å². The molecule has 1 rings (SSSR count). The van der Waals surface area contributed by atoms with Gasteiger partial charge in [0.15, 0.2) is 0 Å². The van der Waals surface area contributed by atoms with Crippen molar-refractivity contribution >= 4 is 0 Å². The van der Waals surface area contributed by atoms with Crippen molar-refractivity contribution < 1.29 is 20.4 Å². The third kappa shape index (κ3) is 25.8. The second-order valence-electron chi connectivity index (χ2n) is 7.34. The zero-order valence-corrected chi connectivity index (χ0v) is 21.0. The molecule has 0 aromatic carbocycles. The van der Waals surface area contributed by atoms with Crippen LogP contribution < -0.4 is 5.73 Å². The highest BCUT2D eigenvalue weighted by Gasteiger charge is 2.14. The third-order valence-corrected chi connectivity index (χ3v) is 4.65. The standard InChI is InChI=1S/C17H36N2O4.C5H12.C2H6.H2/c1-2-3-9-20-11-13-22-15-16-23-14-12-21-10-8-19-6-4-17(18)5-7-19;1-3-5-4-2;1-2;/h17H,2-16,18H2,1H3;3-5H2,1-2H3;1-2H3;1H. The van der Waals surface area contributed by atoms with Gasteiger partial charge >= 0.3 is 0 Å². The molecule has 30 heavy (non-hydrogen) atoms. The molecule has 1 heterocycles. The number of rotatable bonds is 17. The lowest BCUT2D eigenvalue weighted by Gasteiger charge is -2.29. The summed E-state index contributed by atoms with van der Waals surface area (Å²) in [5.74, 6) is 0. The van der Waals surface area contributed by atoms with E-state index in [9.17, 15) is 0 Å². The molecule has 1 aliphatic heterocycles. The van der Waals surface area contributed by atoms with Crippen LogP contribution in [0.4, 0.5) is 0 Å².